The van der Waals surface area contributed by atoms with E-state index in [-0.39, 0.29) is 5.41 Å². The van der Waals surface area contributed by atoms with Gasteiger partial charge >= 0.3 is 0 Å². The molecule has 3 nitrogen and oxygen atoms in total. The zero-order chi connectivity index (χ0) is 13.4. The standard InChI is InChI=1S/C17H19NO2/c1-2-4-14-9-15(6-5-13(14)3-1)17(11-20-12-17)16-10-19-8-7-18-16/h1-6,9,16,18H,7-8,10-12H2. The second kappa shape index (κ2) is 4.85. The molecule has 2 saturated heterocycles. The van der Waals surface area contributed by atoms with Gasteiger partial charge in [0.25, 0.3) is 0 Å². The maximum absolute atomic E-state index is 5.65. The molecule has 1 N–H and O–H groups in total. The number of rotatable bonds is 2. The molecule has 0 spiro atoms. The molecule has 104 valence electrons. The fourth-order valence-electron chi connectivity index (χ4n) is 3.31. The molecule has 0 amide bonds. The Bertz CT molecular complexity index is 615. The Balaban J connectivity index is 1.75. The van der Waals surface area contributed by atoms with Gasteiger partial charge in [0, 0.05) is 12.6 Å². The van der Waals surface area contributed by atoms with Gasteiger partial charge in [-0.25, -0.2) is 0 Å². The summed E-state index contributed by atoms with van der Waals surface area (Å²) in [7, 11) is 0. The van der Waals surface area contributed by atoms with E-state index in [0.29, 0.717) is 6.04 Å². The van der Waals surface area contributed by atoms with Gasteiger partial charge in [-0.2, -0.15) is 0 Å². The lowest BCUT2D eigenvalue weighted by Crippen LogP contribution is -2.63. The van der Waals surface area contributed by atoms with Crippen molar-refractivity contribution < 1.29 is 9.47 Å². The van der Waals surface area contributed by atoms with Crippen molar-refractivity contribution in [3.63, 3.8) is 0 Å². The highest BCUT2D eigenvalue weighted by molar-refractivity contribution is 5.83. The minimum Gasteiger partial charge on any atom is -0.379 e. The first-order valence-electron chi connectivity index (χ1n) is 7.27. The first-order chi connectivity index (χ1) is 9.88. The van der Waals surface area contributed by atoms with Crippen molar-refractivity contribution in [2.24, 2.45) is 0 Å². The van der Waals surface area contributed by atoms with E-state index >= 15 is 0 Å². The number of nitrogens with one attached hydrogen (secondary N) is 1. The van der Waals surface area contributed by atoms with Crippen molar-refractivity contribution >= 4 is 10.8 Å². The fraction of sp³-hybridized carbons (Fsp3) is 0.412. The minimum absolute atomic E-state index is 0.0739. The molecule has 0 aliphatic carbocycles. The van der Waals surface area contributed by atoms with E-state index < -0.39 is 0 Å². The molecule has 0 saturated carbocycles. The van der Waals surface area contributed by atoms with Crippen molar-refractivity contribution in [2.75, 3.05) is 33.0 Å². The van der Waals surface area contributed by atoms with Gasteiger partial charge in [0.1, 0.15) is 0 Å². The molecule has 2 aromatic rings. The number of benzene rings is 2. The number of hydrogen-bond acceptors (Lipinski definition) is 3. The quantitative estimate of drug-likeness (QED) is 0.905. The molecule has 1 atom stereocenters. The van der Waals surface area contributed by atoms with Gasteiger partial charge in [-0.15, -0.1) is 0 Å². The van der Waals surface area contributed by atoms with Crippen molar-refractivity contribution in [2.45, 2.75) is 11.5 Å². The molecule has 0 aromatic heterocycles. The third-order valence-electron chi connectivity index (χ3n) is 4.63. The molecular weight excluding hydrogens is 250 g/mol. The summed E-state index contributed by atoms with van der Waals surface area (Å²) in [6.45, 7) is 4.08. The highest BCUT2D eigenvalue weighted by Crippen LogP contribution is 2.37. The Morgan fingerprint density at radius 1 is 1.00 bits per heavy atom. The van der Waals surface area contributed by atoms with Crippen LogP contribution in [0.2, 0.25) is 0 Å². The normalized spacial score (nSPS) is 25.3. The minimum atomic E-state index is 0.0739. The van der Waals surface area contributed by atoms with E-state index in [9.17, 15) is 0 Å². The van der Waals surface area contributed by atoms with Gasteiger partial charge in [0.2, 0.25) is 0 Å². The summed E-state index contributed by atoms with van der Waals surface area (Å²) >= 11 is 0. The lowest BCUT2D eigenvalue weighted by Gasteiger charge is -2.49. The van der Waals surface area contributed by atoms with Crippen LogP contribution >= 0.6 is 0 Å². The van der Waals surface area contributed by atoms with E-state index in [2.05, 4.69) is 47.8 Å². The van der Waals surface area contributed by atoms with E-state index in [1.54, 1.807) is 0 Å². The van der Waals surface area contributed by atoms with Crippen LogP contribution in [-0.2, 0) is 14.9 Å². The van der Waals surface area contributed by atoms with Crippen molar-refractivity contribution in [3.8, 4) is 0 Å². The van der Waals surface area contributed by atoms with Crippen LogP contribution in [0.25, 0.3) is 10.8 Å². The average molecular weight is 269 g/mol. The number of ether oxygens (including phenoxy) is 2. The Hall–Kier alpha value is -1.42. The van der Waals surface area contributed by atoms with Crippen LogP contribution in [0.4, 0.5) is 0 Å². The predicted octanol–water partition coefficient (Wildman–Crippen LogP) is 2.10. The van der Waals surface area contributed by atoms with Crippen LogP contribution in [0.5, 0.6) is 0 Å². The topological polar surface area (TPSA) is 30.5 Å². The second-order valence-electron chi connectivity index (χ2n) is 5.79. The summed E-state index contributed by atoms with van der Waals surface area (Å²) in [4.78, 5) is 0. The largest absolute Gasteiger partial charge is 0.379 e. The molecule has 1 unspecified atom stereocenters. The van der Waals surface area contributed by atoms with Crippen LogP contribution in [0, 0.1) is 0 Å². The highest BCUT2D eigenvalue weighted by atomic mass is 16.5. The van der Waals surface area contributed by atoms with E-state index in [1.807, 2.05) is 0 Å². The summed E-state index contributed by atoms with van der Waals surface area (Å²) in [5, 5.41) is 6.19. The molecule has 2 aliphatic heterocycles. The third-order valence-corrected chi connectivity index (χ3v) is 4.63. The van der Waals surface area contributed by atoms with E-state index in [1.165, 1.54) is 16.3 Å². The monoisotopic (exact) mass is 269 g/mol. The molecule has 2 heterocycles. The molecule has 2 aliphatic rings. The molecule has 20 heavy (non-hydrogen) atoms. The molecule has 0 radical (unpaired) electrons. The summed E-state index contributed by atoms with van der Waals surface area (Å²) in [6.07, 6.45) is 0. The number of morpholine rings is 1. The zero-order valence-electron chi connectivity index (χ0n) is 11.5. The van der Waals surface area contributed by atoms with Gasteiger partial charge in [-0.1, -0.05) is 42.5 Å². The van der Waals surface area contributed by atoms with Crippen LogP contribution < -0.4 is 5.32 Å². The maximum Gasteiger partial charge on any atom is 0.0630 e. The van der Waals surface area contributed by atoms with Gasteiger partial charge < -0.3 is 14.8 Å². The van der Waals surface area contributed by atoms with Gasteiger partial charge in [0.15, 0.2) is 0 Å². The third kappa shape index (κ3) is 1.85. The lowest BCUT2D eigenvalue weighted by molar-refractivity contribution is -0.101. The molecule has 0 bridgehead atoms. The molecule has 3 heteroatoms. The maximum atomic E-state index is 5.65. The summed E-state index contributed by atoms with van der Waals surface area (Å²) in [6, 6.07) is 15.6. The molecule has 2 fully saturated rings. The van der Waals surface area contributed by atoms with Crippen LogP contribution in [0.1, 0.15) is 5.56 Å². The number of hydrogen-bond donors (Lipinski definition) is 1. The van der Waals surface area contributed by atoms with Crippen LogP contribution in [-0.4, -0.2) is 39.0 Å². The first kappa shape index (κ1) is 12.3. The van der Waals surface area contributed by atoms with Gasteiger partial charge in [0.05, 0.1) is 31.8 Å². The average Bonchev–Trinajstić information content (AvgIpc) is 2.47. The summed E-state index contributed by atoms with van der Waals surface area (Å²) in [5.41, 5.74) is 1.44. The van der Waals surface area contributed by atoms with Crippen molar-refractivity contribution in [1.82, 2.24) is 5.32 Å². The van der Waals surface area contributed by atoms with E-state index in [0.717, 1.165) is 33.0 Å². The van der Waals surface area contributed by atoms with Crippen molar-refractivity contribution in [1.29, 1.82) is 0 Å². The summed E-state index contributed by atoms with van der Waals surface area (Å²) < 4.78 is 11.2. The summed E-state index contributed by atoms with van der Waals surface area (Å²) in [5.74, 6) is 0. The Kier molecular flexibility index (Phi) is 2.99. The highest BCUT2D eigenvalue weighted by Gasteiger charge is 2.47. The molecule has 4 rings (SSSR count). The smallest absolute Gasteiger partial charge is 0.0630 e. The van der Waals surface area contributed by atoms with Crippen LogP contribution in [0.15, 0.2) is 42.5 Å². The van der Waals surface area contributed by atoms with Gasteiger partial charge in [-0.05, 0) is 16.3 Å². The van der Waals surface area contributed by atoms with Crippen molar-refractivity contribution in [3.05, 3.63) is 48.0 Å². The predicted molar refractivity (Wildman–Crippen MR) is 79.1 cm³/mol. The second-order valence-corrected chi connectivity index (χ2v) is 5.79. The SMILES string of the molecule is c1ccc2cc(C3(C4COCCN4)COC3)ccc2c1. The molecular formula is C17H19NO2. The fourth-order valence-corrected chi connectivity index (χ4v) is 3.31. The zero-order valence-corrected chi connectivity index (χ0v) is 11.5. The Morgan fingerprint density at radius 3 is 2.55 bits per heavy atom. The first-order valence-corrected chi connectivity index (χ1v) is 7.27. The number of fused-ring (bicyclic) bond motifs is 1. The van der Waals surface area contributed by atoms with Crippen LogP contribution in [0.3, 0.4) is 0 Å². The Labute approximate surface area is 118 Å². The van der Waals surface area contributed by atoms with E-state index in [4.69, 9.17) is 9.47 Å². The Morgan fingerprint density at radius 2 is 1.85 bits per heavy atom. The molecule has 2 aromatic carbocycles. The van der Waals surface area contributed by atoms with Gasteiger partial charge in [-0.3, -0.25) is 0 Å². The lowest BCUT2D eigenvalue weighted by atomic mass is 9.72.